The van der Waals surface area contributed by atoms with Crippen LogP contribution in [0.3, 0.4) is 0 Å². The first-order valence-electron chi connectivity index (χ1n) is 7.26. The van der Waals surface area contributed by atoms with Crippen LogP contribution in [0.15, 0.2) is 0 Å². The molecule has 0 aromatic carbocycles. The molecule has 19 heavy (non-hydrogen) atoms. The smallest absolute Gasteiger partial charge is 0.410 e. The molecule has 108 valence electrons. The van der Waals surface area contributed by atoms with Crippen LogP contribution in [-0.4, -0.2) is 36.0 Å². The summed E-state index contributed by atoms with van der Waals surface area (Å²) in [6, 6.07) is 0. The minimum absolute atomic E-state index is 0.207. The Labute approximate surface area is 115 Å². The number of ether oxygens (including phenoxy) is 1. The molecule has 4 nitrogen and oxygen atoms in total. The Morgan fingerprint density at radius 1 is 1.26 bits per heavy atom. The summed E-state index contributed by atoms with van der Waals surface area (Å²) in [6.07, 6.45) is 2.90. The Kier molecular flexibility index (Phi) is 3.88. The van der Waals surface area contributed by atoms with Gasteiger partial charge in [-0.15, -0.1) is 0 Å². The number of amides is 1. The fourth-order valence-corrected chi connectivity index (χ4v) is 3.28. The predicted octanol–water partition coefficient (Wildman–Crippen LogP) is 2.71. The predicted molar refractivity (Wildman–Crippen MR) is 72.7 cm³/mol. The van der Waals surface area contributed by atoms with Gasteiger partial charge in [0.2, 0.25) is 0 Å². The zero-order chi connectivity index (χ0) is 14.2. The molecule has 0 bridgehead atoms. The van der Waals surface area contributed by atoms with Gasteiger partial charge in [0.15, 0.2) is 0 Å². The molecule has 0 spiro atoms. The molecular weight excluding hydrogens is 242 g/mol. The maximum absolute atomic E-state index is 11.9. The van der Waals surface area contributed by atoms with Gasteiger partial charge in [-0.2, -0.15) is 0 Å². The van der Waals surface area contributed by atoms with E-state index in [1.165, 1.54) is 0 Å². The first-order chi connectivity index (χ1) is 8.83. The van der Waals surface area contributed by atoms with Gasteiger partial charge < -0.3 is 14.4 Å². The van der Waals surface area contributed by atoms with Crippen molar-refractivity contribution in [3.8, 4) is 0 Å². The van der Waals surface area contributed by atoms with Gasteiger partial charge in [0.05, 0.1) is 0 Å². The van der Waals surface area contributed by atoms with E-state index in [1.54, 1.807) is 4.90 Å². The molecule has 2 rings (SSSR count). The maximum Gasteiger partial charge on any atom is 0.410 e. The van der Waals surface area contributed by atoms with Crippen LogP contribution in [0.2, 0.25) is 0 Å². The summed E-state index contributed by atoms with van der Waals surface area (Å²) in [7, 11) is 0. The van der Waals surface area contributed by atoms with Gasteiger partial charge in [-0.1, -0.05) is 6.92 Å². The number of likely N-dealkylation sites (tertiary alicyclic amines) is 1. The van der Waals surface area contributed by atoms with E-state index in [1.807, 2.05) is 20.8 Å². The third-order valence-electron chi connectivity index (χ3n) is 4.41. The number of rotatable bonds is 2. The van der Waals surface area contributed by atoms with Crippen LogP contribution in [-0.2, 0) is 9.53 Å². The second-order valence-corrected chi connectivity index (χ2v) is 6.95. The molecule has 0 radical (unpaired) electrons. The summed E-state index contributed by atoms with van der Waals surface area (Å²) < 4.78 is 5.38. The first kappa shape index (κ1) is 14.4. The highest BCUT2D eigenvalue weighted by molar-refractivity contribution is 5.68. The Morgan fingerprint density at radius 2 is 1.84 bits per heavy atom. The molecule has 0 aromatic heterocycles. The minimum Gasteiger partial charge on any atom is -0.444 e. The first-order valence-corrected chi connectivity index (χ1v) is 7.26. The Balaban J connectivity index is 1.80. The van der Waals surface area contributed by atoms with Crippen LogP contribution in [0, 0.1) is 23.7 Å². The van der Waals surface area contributed by atoms with E-state index in [2.05, 4.69) is 6.92 Å². The van der Waals surface area contributed by atoms with E-state index in [4.69, 9.17) is 4.74 Å². The van der Waals surface area contributed by atoms with Crippen LogP contribution in [0.5, 0.6) is 0 Å². The third kappa shape index (κ3) is 3.28. The second-order valence-electron chi connectivity index (χ2n) is 6.95. The van der Waals surface area contributed by atoms with Crippen LogP contribution >= 0.6 is 0 Å². The molecular formula is C15H25NO3. The summed E-state index contributed by atoms with van der Waals surface area (Å²) in [4.78, 5) is 24.6. The van der Waals surface area contributed by atoms with Crippen molar-refractivity contribution in [3.63, 3.8) is 0 Å². The van der Waals surface area contributed by atoms with Crippen LogP contribution in [0.1, 0.15) is 40.5 Å². The van der Waals surface area contributed by atoms with Crippen LogP contribution in [0.4, 0.5) is 4.79 Å². The SMILES string of the molecule is CC1C(C=O)C1C1CCN(C(=O)OC(C)(C)C)CC1. The highest BCUT2D eigenvalue weighted by Crippen LogP contribution is 2.52. The van der Waals surface area contributed by atoms with Crippen molar-refractivity contribution < 1.29 is 14.3 Å². The number of carbonyl (C=O) groups is 2. The van der Waals surface area contributed by atoms with E-state index in [-0.39, 0.29) is 12.0 Å². The second kappa shape index (κ2) is 5.14. The molecule has 1 aliphatic heterocycles. The van der Waals surface area contributed by atoms with Crippen molar-refractivity contribution in [2.45, 2.75) is 46.1 Å². The Morgan fingerprint density at radius 3 is 2.26 bits per heavy atom. The van der Waals surface area contributed by atoms with Crippen molar-refractivity contribution >= 4 is 12.4 Å². The van der Waals surface area contributed by atoms with Crippen molar-refractivity contribution in [1.82, 2.24) is 4.90 Å². The molecule has 0 aromatic rings. The lowest BCUT2D eigenvalue weighted by Gasteiger charge is -2.33. The summed E-state index contributed by atoms with van der Waals surface area (Å²) in [5.74, 6) is 1.95. The molecule has 2 fully saturated rings. The molecule has 0 N–H and O–H groups in total. The average molecular weight is 267 g/mol. The monoisotopic (exact) mass is 267 g/mol. The van der Waals surface area contributed by atoms with Crippen molar-refractivity contribution in [3.05, 3.63) is 0 Å². The van der Waals surface area contributed by atoms with E-state index in [0.29, 0.717) is 17.8 Å². The molecule has 2 aliphatic rings. The highest BCUT2D eigenvalue weighted by atomic mass is 16.6. The molecule has 4 heteroatoms. The lowest BCUT2D eigenvalue weighted by molar-refractivity contribution is -0.109. The molecule has 1 saturated heterocycles. The Bertz CT molecular complexity index is 353. The summed E-state index contributed by atoms with van der Waals surface area (Å²) in [5.41, 5.74) is -0.429. The van der Waals surface area contributed by atoms with Gasteiger partial charge in [-0.3, -0.25) is 0 Å². The van der Waals surface area contributed by atoms with Crippen LogP contribution < -0.4 is 0 Å². The van der Waals surface area contributed by atoms with E-state index in [0.717, 1.165) is 32.2 Å². The third-order valence-corrected chi connectivity index (χ3v) is 4.41. The Hall–Kier alpha value is -1.06. The molecule has 3 atom stereocenters. The summed E-state index contributed by atoms with van der Waals surface area (Å²) in [6.45, 7) is 9.33. The molecule has 1 amide bonds. The quantitative estimate of drug-likeness (QED) is 0.723. The van der Waals surface area contributed by atoms with E-state index < -0.39 is 5.60 Å². The van der Waals surface area contributed by atoms with Crippen molar-refractivity contribution in [2.75, 3.05) is 13.1 Å². The van der Waals surface area contributed by atoms with Crippen LogP contribution in [0.25, 0.3) is 0 Å². The minimum atomic E-state index is -0.429. The van der Waals surface area contributed by atoms with Crippen molar-refractivity contribution in [1.29, 1.82) is 0 Å². The normalized spacial score (nSPS) is 32.0. The van der Waals surface area contributed by atoms with Gasteiger partial charge in [-0.25, -0.2) is 4.79 Å². The van der Waals surface area contributed by atoms with Gasteiger partial charge in [0, 0.05) is 19.0 Å². The number of hydrogen-bond donors (Lipinski definition) is 0. The standard InChI is InChI=1S/C15H25NO3/c1-10-12(9-17)13(10)11-5-7-16(8-6-11)14(18)19-15(2,3)4/h9-13H,5-8H2,1-4H3. The van der Waals surface area contributed by atoms with Gasteiger partial charge >= 0.3 is 6.09 Å². The highest BCUT2D eigenvalue weighted by Gasteiger charge is 2.51. The lowest BCUT2D eigenvalue weighted by atomic mass is 9.90. The van der Waals surface area contributed by atoms with Gasteiger partial charge in [-0.05, 0) is 51.4 Å². The fourth-order valence-electron chi connectivity index (χ4n) is 3.28. The number of nitrogens with zero attached hydrogens (tertiary/aromatic N) is 1. The zero-order valence-electron chi connectivity index (χ0n) is 12.4. The number of hydrogen-bond acceptors (Lipinski definition) is 3. The van der Waals surface area contributed by atoms with E-state index >= 15 is 0 Å². The zero-order valence-corrected chi connectivity index (χ0v) is 12.4. The summed E-state index contributed by atoms with van der Waals surface area (Å²) in [5, 5.41) is 0. The molecule has 3 unspecified atom stereocenters. The topological polar surface area (TPSA) is 46.6 Å². The molecule has 1 saturated carbocycles. The summed E-state index contributed by atoms with van der Waals surface area (Å²) >= 11 is 0. The number of piperidine rings is 1. The average Bonchev–Trinajstić information content (AvgIpc) is 2.98. The van der Waals surface area contributed by atoms with E-state index in [9.17, 15) is 9.59 Å². The van der Waals surface area contributed by atoms with Gasteiger partial charge in [0.25, 0.3) is 0 Å². The fraction of sp³-hybridized carbons (Fsp3) is 0.867. The lowest BCUT2D eigenvalue weighted by Crippen LogP contribution is -2.42. The number of aldehydes is 1. The number of carbonyl (C=O) groups excluding carboxylic acids is 2. The molecule has 1 aliphatic carbocycles. The van der Waals surface area contributed by atoms with Gasteiger partial charge in [0.1, 0.15) is 11.9 Å². The largest absolute Gasteiger partial charge is 0.444 e. The molecule has 1 heterocycles. The maximum atomic E-state index is 11.9. The van der Waals surface area contributed by atoms with Crippen molar-refractivity contribution in [2.24, 2.45) is 23.7 Å².